The number of methoxy groups -OCH3 is 1. The summed E-state index contributed by atoms with van der Waals surface area (Å²) >= 11 is 0. The van der Waals surface area contributed by atoms with Crippen LogP contribution in [0.25, 0.3) is 32.9 Å². The normalized spacial score (nSPS) is 11.3. The summed E-state index contributed by atoms with van der Waals surface area (Å²) in [6, 6.07) is 9.96. The third-order valence-electron chi connectivity index (χ3n) is 4.42. The van der Waals surface area contributed by atoms with Crippen LogP contribution < -0.4 is 10.5 Å². The van der Waals surface area contributed by atoms with Crippen LogP contribution in [0.15, 0.2) is 42.6 Å². The minimum atomic E-state index is -0.371. The molecule has 0 bridgehead atoms. The van der Waals surface area contributed by atoms with E-state index in [0.29, 0.717) is 44.4 Å². The monoisotopic (exact) mass is 337 g/mol. The van der Waals surface area contributed by atoms with E-state index in [1.807, 2.05) is 6.07 Å². The molecule has 0 atom stereocenters. The molecule has 0 fully saturated rings. The number of nitrogens with zero attached hydrogens (tertiary/aromatic N) is 2. The Balaban J connectivity index is 2.11. The van der Waals surface area contributed by atoms with E-state index in [9.17, 15) is 9.50 Å². The minimum absolute atomic E-state index is 0.0554. The lowest BCUT2D eigenvalue weighted by molar-refractivity contribution is 0.414. The van der Waals surface area contributed by atoms with Crippen molar-refractivity contribution in [1.82, 2.24) is 9.55 Å². The number of anilines is 1. The third-order valence-corrected chi connectivity index (χ3v) is 4.42. The molecule has 0 spiro atoms. The molecule has 0 unspecified atom stereocenters. The number of aromatic hydroxyl groups is 1. The van der Waals surface area contributed by atoms with Crippen molar-refractivity contribution in [3.63, 3.8) is 0 Å². The number of ether oxygens (including phenoxy) is 1. The van der Waals surface area contributed by atoms with E-state index in [0.717, 1.165) is 0 Å². The topological polar surface area (TPSA) is 73.3 Å². The van der Waals surface area contributed by atoms with Crippen LogP contribution in [0.2, 0.25) is 0 Å². The number of halogens is 1. The number of hydrogen-bond acceptors (Lipinski definition) is 4. The number of hydrogen-bond donors (Lipinski definition) is 2. The van der Waals surface area contributed by atoms with Crippen LogP contribution in [0.1, 0.15) is 0 Å². The molecule has 0 aliphatic carbocycles. The standard InChI is InChI=1S/C19H16FN3O2/c1-23-9-15-16(19(23)24)17(21)12-5-3-4-11(18(12)22-15)13-8-10(25-2)6-7-14(13)20/h3-9,24H,21H2,1-2H3. The quantitative estimate of drug-likeness (QED) is 0.583. The van der Waals surface area contributed by atoms with Crippen molar-refractivity contribution in [2.45, 2.75) is 0 Å². The van der Waals surface area contributed by atoms with Gasteiger partial charge < -0.3 is 20.1 Å². The molecule has 6 heteroatoms. The summed E-state index contributed by atoms with van der Waals surface area (Å²) in [6.07, 6.45) is 1.69. The molecule has 5 nitrogen and oxygen atoms in total. The van der Waals surface area contributed by atoms with Gasteiger partial charge in [0.2, 0.25) is 5.88 Å². The maximum atomic E-state index is 14.4. The first-order valence-corrected chi connectivity index (χ1v) is 7.71. The van der Waals surface area contributed by atoms with E-state index < -0.39 is 0 Å². The zero-order valence-corrected chi connectivity index (χ0v) is 13.7. The van der Waals surface area contributed by atoms with Crippen molar-refractivity contribution in [2.24, 2.45) is 7.05 Å². The third kappa shape index (κ3) is 2.18. The van der Waals surface area contributed by atoms with Crippen molar-refractivity contribution in [2.75, 3.05) is 12.8 Å². The smallest absolute Gasteiger partial charge is 0.202 e. The summed E-state index contributed by atoms with van der Waals surface area (Å²) in [5.41, 5.74) is 8.83. The van der Waals surface area contributed by atoms with E-state index in [4.69, 9.17) is 10.5 Å². The van der Waals surface area contributed by atoms with Crippen LogP contribution in [0.5, 0.6) is 11.6 Å². The first-order chi connectivity index (χ1) is 12.0. The summed E-state index contributed by atoms with van der Waals surface area (Å²) in [4.78, 5) is 4.62. The average molecular weight is 337 g/mol. The Kier molecular flexibility index (Phi) is 3.28. The first-order valence-electron chi connectivity index (χ1n) is 7.71. The summed E-state index contributed by atoms with van der Waals surface area (Å²) < 4.78 is 21.2. The van der Waals surface area contributed by atoms with Crippen molar-refractivity contribution in [3.8, 4) is 22.8 Å². The van der Waals surface area contributed by atoms with Crippen LogP contribution in [0.3, 0.4) is 0 Å². The second-order valence-corrected chi connectivity index (χ2v) is 5.90. The molecular weight excluding hydrogens is 321 g/mol. The molecule has 25 heavy (non-hydrogen) atoms. The maximum Gasteiger partial charge on any atom is 0.202 e. The number of nitrogen functional groups attached to an aromatic ring is 1. The van der Waals surface area contributed by atoms with Gasteiger partial charge in [0.15, 0.2) is 0 Å². The van der Waals surface area contributed by atoms with E-state index in [-0.39, 0.29) is 11.7 Å². The molecule has 4 rings (SSSR count). The Labute approximate surface area is 143 Å². The van der Waals surface area contributed by atoms with Gasteiger partial charge in [0, 0.05) is 29.8 Å². The number of fused-ring (bicyclic) bond motifs is 2. The number of nitrogens with two attached hydrogens (primary N) is 1. The van der Waals surface area contributed by atoms with Crippen molar-refractivity contribution in [1.29, 1.82) is 0 Å². The van der Waals surface area contributed by atoms with Crippen LogP contribution in [-0.4, -0.2) is 21.8 Å². The lowest BCUT2D eigenvalue weighted by Gasteiger charge is -2.11. The number of aromatic nitrogens is 2. The number of aryl methyl sites for hydroxylation is 1. The fraction of sp³-hybridized carbons (Fsp3) is 0.105. The number of para-hydroxylation sites is 1. The van der Waals surface area contributed by atoms with Gasteiger partial charge in [-0.15, -0.1) is 0 Å². The molecule has 0 amide bonds. The van der Waals surface area contributed by atoms with Crippen LogP contribution in [0, 0.1) is 5.82 Å². The lowest BCUT2D eigenvalue weighted by Crippen LogP contribution is -1.94. The van der Waals surface area contributed by atoms with Crippen LogP contribution in [0.4, 0.5) is 10.1 Å². The van der Waals surface area contributed by atoms with Gasteiger partial charge in [0.05, 0.1) is 29.2 Å². The van der Waals surface area contributed by atoms with Crippen molar-refractivity contribution in [3.05, 3.63) is 48.4 Å². The fourth-order valence-corrected chi connectivity index (χ4v) is 3.13. The summed E-state index contributed by atoms with van der Waals surface area (Å²) in [6.45, 7) is 0. The Morgan fingerprint density at radius 1 is 1.20 bits per heavy atom. The van der Waals surface area contributed by atoms with E-state index in [1.165, 1.54) is 13.2 Å². The molecular formula is C19H16FN3O2. The highest BCUT2D eigenvalue weighted by molar-refractivity contribution is 6.12. The molecule has 2 heterocycles. The second kappa shape index (κ2) is 5.37. The van der Waals surface area contributed by atoms with Gasteiger partial charge in [-0.1, -0.05) is 18.2 Å². The molecule has 2 aromatic carbocycles. The van der Waals surface area contributed by atoms with Crippen molar-refractivity contribution >= 4 is 27.5 Å². The Morgan fingerprint density at radius 2 is 2.00 bits per heavy atom. The zero-order valence-electron chi connectivity index (χ0n) is 13.7. The summed E-state index contributed by atoms with van der Waals surface area (Å²) in [5, 5.41) is 11.4. The first kappa shape index (κ1) is 15.3. The number of pyridine rings is 1. The predicted molar refractivity (Wildman–Crippen MR) is 96.2 cm³/mol. The minimum Gasteiger partial charge on any atom is -0.497 e. The SMILES string of the molecule is COc1ccc(F)c(-c2cccc3c(N)c4c(O)n(C)cc4nc23)c1. The summed E-state index contributed by atoms with van der Waals surface area (Å²) in [5.74, 6) is 0.240. The predicted octanol–water partition coefficient (Wildman–Crippen LogP) is 3.83. The average Bonchev–Trinajstić information content (AvgIpc) is 2.90. The van der Waals surface area contributed by atoms with Crippen LogP contribution >= 0.6 is 0 Å². The molecule has 0 aliphatic rings. The van der Waals surface area contributed by atoms with Crippen LogP contribution in [-0.2, 0) is 7.05 Å². The van der Waals surface area contributed by atoms with Gasteiger partial charge in [0.1, 0.15) is 11.6 Å². The van der Waals surface area contributed by atoms with Gasteiger partial charge in [0.25, 0.3) is 0 Å². The number of rotatable bonds is 2. The largest absolute Gasteiger partial charge is 0.497 e. The number of benzene rings is 2. The van der Waals surface area contributed by atoms with E-state index in [2.05, 4.69) is 4.98 Å². The Hall–Kier alpha value is -3.28. The molecule has 2 aromatic heterocycles. The van der Waals surface area contributed by atoms with E-state index in [1.54, 1.807) is 42.1 Å². The second-order valence-electron chi connectivity index (χ2n) is 5.90. The molecule has 0 radical (unpaired) electrons. The highest BCUT2D eigenvalue weighted by atomic mass is 19.1. The fourth-order valence-electron chi connectivity index (χ4n) is 3.13. The molecule has 0 saturated heterocycles. The van der Waals surface area contributed by atoms with Gasteiger partial charge in [-0.05, 0) is 18.2 Å². The Bertz CT molecular complexity index is 1130. The molecule has 4 aromatic rings. The lowest BCUT2D eigenvalue weighted by atomic mass is 9.99. The van der Waals surface area contributed by atoms with Gasteiger partial charge >= 0.3 is 0 Å². The Morgan fingerprint density at radius 3 is 2.76 bits per heavy atom. The van der Waals surface area contributed by atoms with E-state index >= 15 is 0 Å². The highest BCUT2D eigenvalue weighted by Crippen LogP contribution is 2.39. The van der Waals surface area contributed by atoms with Gasteiger partial charge in [-0.2, -0.15) is 0 Å². The molecule has 126 valence electrons. The molecule has 0 saturated carbocycles. The molecule has 0 aliphatic heterocycles. The highest BCUT2D eigenvalue weighted by Gasteiger charge is 2.17. The van der Waals surface area contributed by atoms with Crippen molar-refractivity contribution < 1.29 is 14.2 Å². The molecule has 3 N–H and O–H groups in total. The zero-order chi connectivity index (χ0) is 17.7. The summed E-state index contributed by atoms with van der Waals surface area (Å²) in [7, 11) is 3.25. The van der Waals surface area contributed by atoms with Gasteiger partial charge in [-0.3, -0.25) is 0 Å². The maximum absolute atomic E-state index is 14.4. The van der Waals surface area contributed by atoms with Gasteiger partial charge in [-0.25, -0.2) is 9.37 Å².